The van der Waals surface area contributed by atoms with Gasteiger partial charge in [-0.3, -0.25) is 86.3 Å². The summed E-state index contributed by atoms with van der Waals surface area (Å²) in [5.74, 6) is -19.5. The number of nitrogens with zero attached hydrogens (tertiary/aromatic N) is 5. The van der Waals surface area contributed by atoms with Gasteiger partial charge in [0.25, 0.3) is 0 Å². The number of aromatic amines is 2. The van der Waals surface area contributed by atoms with Gasteiger partial charge in [-0.15, -0.1) is 11.8 Å². The minimum atomic E-state index is -1.92. The summed E-state index contributed by atoms with van der Waals surface area (Å²) < 4.78 is 0. The summed E-state index contributed by atoms with van der Waals surface area (Å²) in [6.45, 7) is -0.772. The molecule has 2 bridgehead atoms. The van der Waals surface area contributed by atoms with Gasteiger partial charge < -0.3 is 125 Å². The lowest BCUT2D eigenvalue weighted by molar-refractivity contribution is -0.149. The highest BCUT2D eigenvalue weighted by Gasteiger charge is 2.47. The maximum absolute atomic E-state index is 15.7. The van der Waals surface area contributed by atoms with Gasteiger partial charge in [0.1, 0.15) is 90.3 Å². The molecule has 2 aromatic heterocycles. The lowest BCUT2D eigenvalue weighted by Gasteiger charge is -2.36. The molecular formula is C86H116N20O22S. The Morgan fingerprint density at radius 2 is 1.03 bits per heavy atom. The number of carboxylic acids is 1. The van der Waals surface area contributed by atoms with E-state index in [4.69, 9.17) is 17.2 Å². The molecule has 3 saturated heterocycles. The van der Waals surface area contributed by atoms with Crippen molar-refractivity contribution in [1.82, 2.24) is 87.6 Å². The number of H-pyrrole nitrogens is 2. The first-order chi connectivity index (χ1) is 61.5. The van der Waals surface area contributed by atoms with Gasteiger partial charge in [-0.1, -0.05) is 73.5 Å². The number of hydrogen-bond acceptors (Lipinski definition) is 23. The van der Waals surface area contributed by atoms with E-state index in [1.165, 1.54) is 59.3 Å². The maximum atomic E-state index is 15.7. The SMILES string of the molecule is C[C@@H]1NC(=O)[C@@H]2CCCC/C=C\CCCC[C@@H](C(=O)N2C)N(C)C(=O)[C@H](Cc2c[nH]c3ccccc23)NC(=O)[C@H](CO)NC(=O)[C@H](Cc2c[nH]c3ccccc23)NC(=O)[C@@H]2C[C@@H](O)CN2C(=O)[C@H](CCC(N)=O)NC(=O)[C@H](CN)NC(=O)[C@@H]2CCCN2C(=O)[C@H](CC(=O)O)NC(=O)[C@H](C)N(C)C(=O)[C@H](Cc2ccc(O)cc2)NC(=O)CSC[C@@H](C(=O)NCC(N)=O)NC1=O. The van der Waals surface area contributed by atoms with E-state index in [1.807, 2.05) is 12.2 Å². The zero-order chi connectivity index (χ0) is 94.0. The van der Waals surface area contributed by atoms with Gasteiger partial charge in [0.05, 0.1) is 31.4 Å². The van der Waals surface area contributed by atoms with E-state index in [0.717, 1.165) is 36.3 Å². The zero-order valence-corrected chi connectivity index (χ0v) is 73.2. The molecule has 0 aliphatic carbocycles. The summed E-state index contributed by atoms with van der Waals surface area (Å²) in [7, 11) is 3.88. The molecule has 17 amide bonds. The molecule has 22 N–H and O–H groups in total. The number of aromatic hydroxyl groups is 1. The predicted octanol–water partition coefficient (Wildman–Crippen LogP) is -4.05. The lowest BCUT2D eigenvalue weighted by atomic mass is 9.99. The fourth-order valence-corrected chi connectivity index (χ4v) is 16.9. The molecule has 129 heavy (non-hydrogen) atoms. The Bertz CT molecular complexity index is 4970. The van der Waals surface area contributed by atoms with Gasteiger partial charge in [-0.2, -0.15) is 0 Å². The van der Waals surface area contributed by atoms with E-state index >= 15 is 28.8 Å². The average molecular weight is 1810 g/mol. The Hall–Kier alpha value is -13.0. The van der Waals surface area contributed by atoms with Crippen molar-refractivity contribution in [3.63, 3.8) is 0 Å². The molecule has 0 radical (unpaired) electrons. The molecule has 9 rings (SSSR count). The van der Waals surface area contributed by atoms with Crippen LogP contribution in [0.25, 0.3) is 21.8 Å². The monoisotopic (exact) mass is 1810 g/mol. The van der Waals surface area contributed by atoms with E-state index in [1.54, 1.807) is 60.9 Å². The van der Waals surface area contributed by atoms with E-state index in [-0.39, 0.29) is 57.2 Å². The molecule has 0 unspecified atom stereocenters. The van der Waals surface area contributed by atoms with Crippen LogP contribution in [0.15, 0.2) is 97.3 Å². The largest absolute Gasteiger partial charge is 0.508 e. The molecule has 42 nitrogen and oxygen atoms in total. The zero-order valence-electron chi connectivity index (χ0n) is 72.4. The van der Waals surface area contributed by atoms with Gasteiger partial charge in [0.15, 0.2) is 0 Å². The Morgan fingerprint density at radius 3 is 1.64 bits per heavy atom. The molecule has 15 atom stereocenters. The number of fused-ring (bicyclic) bond motifs is 7. The molecule has 6 heterocycles. The molecule has 3 aromatic carbocycles. The summed E-state index contributed by atoms with van der Waals surface area (Å²) in [5.41, 5.74) is 19.6. The number of aliphatic hydroxyl groups is 2. The smallest absolute Gasteiger partial charge is 0.305 e. The number of hydrogen-bond donors (Lipinski definition) is 19. The first-order valence-corrected chi connectivity index (χ1v) is 43.9. The molecule has 5 aromatic rings. The number of benzene rings is 3. The van der Waals surface area contributed by atoms with Gasteiger partial charge in [-0.05, 0) is 113 Å². The highest BCUT2D eigenvalue weighted by Crippen LogP contribution is 2.28. The lowest BCUT2D eigenvalue weighted by Crippen LogP contribution is -2.62. The number of likely N-dealkylation sites (N-methyl/N-ethyl adjacent to an activating group) is 3. The molecule has 3 fully saturated rings. The second-order valence-electron chi connectivity index (χ2n) is 32.7. The van der Waals surface area contributed by atoms with Crippen molar-refractivity contribution in [2.45, 2.75) is 214 Å². The van der Waals surface area contributed by atoms with Crippen LogP contribution in [0.4, 0.5) is 0 Å². The average Bonchev–Trinajstić information content (AvgIpc) is 1.66. The molecule has 0 saturated carbocycles. The fraction of sp³-hybridized carbons (Fsp3) is 0.512. The van der Waals surface area contributed by atoms with Crippen molar-refractivity contribution >= 4 is 140 Å². The summed E-state index contributed by atoms with van der Waals surface area (Å²) in [5, 5.41) is 69.4. The number of aliphatic hydroxyl groups excluding tert-OH is 2. The number of nitrogens with one attached hydrogen (secondary N) is 12. The van der Waals surface area contributed by atoms with Crippen LogP contribution in [0.1, 0.15) is 120 Å². The van der Waals surface area contributed by atoms with Crippen LogP contribution in [0, 0.1) is 0 Å². The summed E-state index contributed by atoms with van der Waals surface area (Å²) in [6, 6.07) is -3.17. The third-order valence-electron chi connectivity index (χ3n) is 23.4. The molecular weight excluding hydrogens is 1700 g/mol. The highest BCUT2D eigenvalue weighted by molar-refractivity contribution is 8.00. The van der Waals surface area contributed by atoms with Gasteiger partial charge in [-0.25, -0.2) is 0 Å². The van der Waals surface area contributed by atoms with Gasteiger partial charge in [0, 0.05) is 113 Å². The van der Waals surface area contributed by atoms with E-state index in [2.05, 4.69) is 63.1 Å². The van der Waals surface area contributed by atoms with Crippen molar-refractivity contribution in [3.8, 4) is 5.75 Å². The van der Waals surface area contributed by atoms with Gasteiger partial charge >= 0.3 is 5.97 Å². The van der Waals surface area contributed by atoms with E-state index < -0.39 is 261 Å². The van der Waals surface area contributed by atoms with Crippen LogP contribution < -0.4 is 70.4 Å². The minimum absolute atomic E-state index is 0.00476. The number of aliphatic carboxylic acids is 1. The number of carbonyl (C=O) groups excluding carboxylic acids is 17. The molecule has 698 valence electrons. The van der Waals surface area contributed by atoms with Crippen LogP contribution >= 0.6 is 11.8 Å². The molecule has 43 heteroatoms. The van der Waals surface area contributed by atoms with Crippen LogP contribution in [0.3, 0.4) is 0 Å². The van der Waals surface area contributed by atoms with Crippen molar-refractivity contribution < 1.29 is 107 Å². The highest BCUT2D eigenvalue weighted by atomic mass is 32.2. The molecule has 4 aliphatic rings. The van der Waals surface area contributed by atoms with Crippen molar-refractivity contribution in [2.24, 2.45) is 17.2 Å². The number of allylic oxidation sites excluding steroid dienone is 2. The standard InChI is InChI=1S/C86H116N20O22S/c1-46-73(115)101-64(75(117)92-41-70(89)111)44-129-45-71(112)94-59(33-48-26-28-51(108)29-27-48)82(124)102(3)47(2)74(116)97-61(37-72(113)114)85(127)105-32-18-25-66(105)80(122)99-62(38-87)77(119)95-57(30-31-69(88)110)84(126)106-42-52(109)36-68(106)81(123)96-58(34-49-39-90-55-21-16-14-19-53(49)55)76(118)100-63(43-107)78(120)98-60(35-50-40-91-56-22-17-15-20-54(50)56)83(125)104(5)67-24-13-11-9-7-6-8-10-12-23-65(79(121)93-46)103(4)86(67)128/h6-7,14-17,19-22,26-29,39-40,46-47,52,57-68,90-91,107-109H,8-13,18,23-25,30-38,41-45,87H2,1-5H3,(H2,88,110)(H2,89,111)(H,92,117)(H,93,121)(H,94,112)(H,95,119)(H,96,123)(H,97,116)(H,98,120)(H,99,122)(H,100,118)(H,101,115)(H,113,114)/b7-6-/t46-,47-,52+,57-,58-,59-,60-,61-,62-,63-,64-,65-,66-,67-,68-/m0/s1. The molecule has 0 spiro atoms. The second kappa shape index (κ2) is 47.1. The first-order valence-electron chi connectivity index (χ1n) is 42.8. The number of aromatic nitrogens is 2. The summed E-state index contributed by atoms with van der Waals surface area (Å²) >= 11 is 0.762. The number of carboxylic acid groups (broad SMARTS) is 1. The number of para-hydroxylation sites is 2. The normalized spacial score (nSPS) is 26.5. The summed E-state index contributed by atoms with van der Waals surface area (Å²) in [6.07, 6.45) is 5.19. The number of phenols is 1. The predicted molar refractivity (Wildman–Crippen MR) is 468 cm³/mol. The van der Waals surface area contributed by atoms with Crippen molar-refractivity contribution in [2.75, 3.05) is 65.4 Å². The third kappa shape index (κ3) is 27.3. The third-order valence-corrected chi connectivity index (χ3v) is 24.4. The van der Waals surface area contributed by atoms with Crippen molar-refractivity contribution in [1.29, 1.82) is 0 Å². The Labute approximate surface area is 746 Å². The second-order valence-corrected chi connectivity index (χ2v) is 33.7. The van der Waals surface area contributed by atoms with Gasteiger partial charge in [0.2, 0.25) is 100 Å². The Balaban J connectivity index is 1.07. The topological polar surface area (TPSA) is 634 Å². The number of thioether (sulfide) groups is 1. The minimum Gasteiger partial charge on any atom is -0.508 e. The van der Waals surface area contributed by atoms with E-state index in [0.29, 0.717) is 77.0 Å². The summed E-state index contributed by atoms with van der Waals surface area (Å²) in [4.78, 5) is 270. The van der Waals surface area contributed by atoms with Crippen LogP contribution in [-0.4, -0.2) is 317 Å². The Morgan fingerprint density at radius 1 is 0.512 bits per heavy atom. The molecule has 4 aliphatic heterocycles. The number of carbonyl (C=O) groups is 18. The number of primary amides is 2. The number of phenolic OH excluding ortho intramolecular Hbond substituents is 1. The number of rotatable bonds is 16. The number of amides is 17. The Kier molecular flexibility index (Phi) is 36.5. The quantitative estimate of drug-likeness (QED) is 0.0418. The van der Waals surface area contributed by atoms with Crippen LogP contribution in [0.5, 0.6) is 5.75 Å². The first kappa shape index (κ1) is 99.7. The van der Waals surface area contributed by atoms with Crippen LogP contribution in [0.2, 0.25) is 0 Å². The fourth-order valence-electron chi connectivity index (χ4n) is 16.0. The van der Waals surface area contributed by atoms with E-state index in [9.17, 15) is 78.0 Å². The van der Waals surface area contributed by atoms with Crippen LogP contribution in [-0.2, 0) is 106 Å². The maximum Gasteiger partial charge on any atom is 0.305 e. The van der Waals surface area contributed by atoms with Crippen molar-refractivity contribution in [3.05, 3.63) is 114 Å². The number of nitrogens with two attached hydrogens (primary N) is 3.